The minimum Gasteiger partial charge on any atom is -0.479 e. The van der Waals surface area contributed by atoms with E-state index in [1.54, 1.807) is 0 Å². The average molecular weight is 898 g/mol. The van der Waals surface area contributed by atoms with Gasteiger partial charge in [-0.3, -0.25) is 32.5 Å². The van der Waals surface area contributed by atoms with Crippen molar-refractivity contribution in [2.45, 2.75) is 69.9 Å². The maximum Gasteiger partial charge on any atom is 0.481 e. The molecule has 0 spiro atoms. The summed E-state index contributed by atoms with van der Waals surface area (Å²) in [6.45, 7) is 0.126. The predicted molar refractivity (Wildman–Crippen MR) is 190 cm³/mol. The van der Waals surface area contributed by atoms with E-state index in [0.717, 1.165) is 29.0 Å². The Morgan fingerprint density at radius 3 is 2.33 bits per heavy atom. The number of aliphatic carboxylic acids is 1. The zero-order chi connectivity index (χ0) is 42.9. The summed E-state index contributed by atoms with van der Waals surface area (Å²) >= 11 is 0.820. The van der Waals surface area contributed by atoms with Gasteiger partial charge in [0.25, 0.3) is 0 Å². The summed E-state index contributed by atoms with van der Waals surface area (Å²) in [4.78, 5) is 97.7. The molecule has 3 rings (SSSR count). The predicted octanol–water partition coefficient (Wildman–Crippen LogP) is -2.11. The number of nitrogens with one attached hydrogen (secondary N) is 2. The van der Waals surface area contributed by atoms with E-state index in [9.17, 15) is 67.8 Å². The minimum atomic E-state index is -5.60. The standard InChI is InChI=1S/C26H42N7O20P3S/c1-26(2,20(38)23(39)29-6-5-15(35)28-7-8-57-16(36)4-3-13(34)25(40)41)10-50-56(47,48)53-55(45,46)49-9-14-19(52-54(42,43)44)18(37)24(51-14)33-12-32-17-21(27)30-11-31-22(17)33/h11-14,18-20,24,34,37-38H,3-10H2,1-2H3,(H,28,35)(H,29,39)(H,40,41)(H,45,46)(H,47,48)(H2,27,30,31)(H2,42,43,44)/t13?,14-,18-,19-,20+,24-/m1/s1. The second-order valence-corrected chi connectivity index (χ2v) is 18.1. The van der Waals surface area contributed by atoms with E-state index in [1.165, 1.54) is 13.8 Å². The van der Waals surface area contributed by atoms with Gasteiger partial charge in [-0.25, -0.2) is 33.4 Å². The molecule has 0 radical (unpaired) electrons. The Kier molecular flexibility index (Phi) is 17.2. The van der Waals surface area contributed by atoms with Crippen molar-refractivity contribution in [1.82, 2.24) is 30.2 Å². The maximum absolute atomic E-state index is 12.7. The molecule has 1 aliphatic heterocycles. The van der Waals surface area contributed by atoms with Crippen molar-refractivity contribution in [2.75, 3.05) is 37.8 Å². The van der Waals surface area contributed by atoms with Crippen LogP contribution in [0.25, 0.3) is 11.2 Å². The fourth-order valence-corrected chi connectivity index (χ4v) is 8.27. The summed E-state index contributed by atoms with van der Waals surface area (Å²) in [6, 6.07) is 0. The molecule has 12 N–H and O–H groups in total. The lowest BCUT2D eigenvalue weighted by Crippen LogP contribution is -2.46. The second-order valence-electron chi connectivity index (χ2n) is 12.7. The first-order chi connectivity index (χ1) is 26.3. The van der Waals surface area contributed by atoms with Gasteiger partial charge in [-0.1, -0.05) is 25.6 Å². The number of aromatic nitrogens is 4. The van der Waals surface area contributed by atoms with Crippen molar-refractivity contribution in [3.8, 4) is 0 Å². The topological polar surface area (TPSA) is 421 Å². The van der Waals surface area contributed by atoms with Crippen LogP contribution in [0.5, 0.6) is 0 Å². The van der Waals surface area contributed by atoms with Gasteiger partial charge in [-0.2, -0.15) is 4.31 Å². The number of ether oxygens (including phenoxy) is 1. The number of imidazole rings is 1. The van der Waals surface area contributed by atoms with Crippen molar-refractivity contribution < 1.29 is 95.5 Å². The fraction of sp³-hybridized carbons (Fsp3) is 0.654. The summed E-state index contributed by atoms with van der Waals surface area (Å²) < 4.78 is 61.9. The number of anilines is 1. The molecule has 1 aliphatic rings. The highest BCUT2D eigenvalue weighted by molar-refractivity contribution is 8.13. The van der Waals surface area contributed by atoms with Crippen LogP contribution in [0.4, 0.5) is 5.82 Å². The van der Waals surface area contributed by atoms with Gasteiger partial charge in [0.05, 0.1) is 19.5 Å². The number of phosphoric ester groups is 3. The Hall–Kier alpha value is -3.01. The van der Waals surface area contributed by atoms with Crippen LogP contribution < -0.4 is 16.4 Å². The van der Waals surface area contributed by atoms with E-state index in [4.69, 9.17) is 24.6 Å². The molecule has 31 heteroatoms. The number of nitrogens with zero attached hydrogens (tertiary/aromatic N) is 4. The first-order valence-electron chi connectivity index (χ1n) is 16.3. The molecular formula is C26H42N7O20P3S. The largest absolute Gasteiger partial charge is 0.481 e. The lowest BCUT2D eigenvalue weighted by atomic mass is 9.87. The molecule has 0 saturated carbocycles. The van der Waals surface area contributed by atoms with E-state index in [2.05, 4.69) is 34.4 Å². The highest BCUT2D eigenvalue weighted by Gasteiger charge is 2.50. The number of phosphoric acid groups is 3. The highest BCUT2D eigenvalue weighted by Crippen LogP contribution is 2.61. The van der Waals surface area contributed by atoms with Gasteiger partial charge in [0, 0.05) is 37.1 Å². The van der Waals surface area contributed by atoms with Gasteiger partial charge in [0.15, 0.2) is 28.9 Å². The van der Waals surface area contributed by atoms with Crippen LogP contribution >= 0.6 is 35.2 Å². The van der Waals surface area contributed by atoms with Crippen LogP contribution in [0, 0.1) is 5.41 Å². The molecule has 3 unspecified atom stereocenters. The first-order valence-corrected chi connectivity index (χ1v) is 21.8. The van der Waals surface area contributed by atoms with Gasteiger partial charge in [0.2, 0.25) is 11.8 Å². The Bertz CT molecular complexity index is 1900. The van der Waals surface area contributed by atoms with Crippen LogP contribution in [0.3, 0.4) is 0 Å². The summed E-state index contributed by atoms with van der Waals surface area (Å²) in [7, 11) is -16.5. The molecule has 2 aromatic heterocycles. The lowest BCUT2D eigenvalue weighted by molar-refractivity contribution is -0.147. The SMILES string of the molecule is CC(C)(COP(=O)(O)OP(=O)(O)OC[C@H]1O[C@@H](n2cnc3c(N)ncnc32)[C@H](O)[C@@H]1OP(=O)(O)O)[C@@H](O)C(=O)NCCC(=O)NCCSC(=O)CCC(O)C(=O)O. The number of aliphatic hydroxyl groups excluding tert-OH is 3. The number of carboxylic acids is 1. The molecule has 57 heavy (non-hydrogen) atoms. The molecular weight excluding hydrogens is 855 g/mol. The van der Waals surface area contributed by atoms with Gasteiger partial charge in [0.1, 0.15) is 36.3 Å². The van der Waals surface area contributed by atoms with Gasteiger partial charge < -0.3 is 61.1 Å². The molecule has 0 aromatic carbocycles. The molecule has 2 aromatic rings. The van der Waals surface area contributed by atoms with Crippen molar-refractivity contribution in [3.63, 3.8) is 0 Å². The number of amides is 2. The normalized spacial score (nSPS) is 22.0. The van der Waals surface area contributed by atoms with E-state index in [-0.39, 0.29) is 60.2 Å². The zero-order valence-electron chi connectivity index (χ0n) is 29.9. The average Bonchev–Trinajstić information content (AvgIpc) is 3.66. The monoisotopic (exact) mass is 897 g/mol. The zero-order valence-corrected chi connectivity index (χ0v) is 33.4. The van der Waals surface area contributed by atoms with E-state index in [0.29, 0.717) is 0 Å². The number of thioether (sulfide) groups is 1. The van der Waals surface area contributed by atoms with Crippen molar-refractivity contribution in [1.29, 1.82) is 0 Å². The first kappa shape index (κ1) is 48.4. The maximum atomic E-state index is 12.7. The number of hydrogen-bond acceptors (Lipinski definition) is 20. The number of carbonyl (C=O) groups excluding carboxylic acids is 3. The molecule has 2 amide bonds. The van der Waals surface area contributed by atoms with Gasteiger partial charge >= 0.3 is 29.4 Å². The molecule has 1 fully saturated rings. The molecule has 27 nitrogen and oxygen atoms in total. The number of nitrogens with two attached hydrogens (primary N) is 1. The summed E-state index contributed by atoms with van der Waals surface area (Å²) in [5, 5.41) is 43.6. The number of rotatable bonds is 23. The number of carboxylic acid groups (broad SMARTS) is 1. The van der Waals surface area contributed by atoms with E-state index < -0.39 is 96.6 Å². The van der Waals surface area contributed by atoms with Crippen LogP contribution in [-0.4, -0.2) is 145 Å². The van der Waals surface area contributed by atoms with Gasteiger partial charge in [-0.15, -0.1) is 0 Å². The molecule has 322 valence electrons. The smallest absolute Gasteiger partial charge is 0.479 e. The highest BCUT2D eigenvalue weighted by atomic mass is 32.2. The summed E-state index contributed by atoms with van der Waals surface area (Å²) in [5.74, 6) is -2.93. The number of nitrogen functional groups attached to an aromatic ring is 1. The summed E-state index contributed by atoms with van der Waals surface area (Å²) in [5.41, 5.74) is 4.18. The molecule has 8 atom stereocenters. The van der Waals surface area contributed by atoms with Crippen LogP contribution in [-0.2, 0) is 55.5 Å². The van der Waals surface area contributed by atoms with Gasteiger partial charge in [-0.05, 0) is 6.42 Å². The Morgan fingerprint density at radius 2 is 1.68 bits per heavy atom. The quantitative estimate of drug-likeness (QED) is 0.0420. The number of hydrogen-bond donors (Lipinski definition) is 11. The third kappa shape index (κ3) is 15.0. The second kappa shape index (κ2) is 20.3. The van der Waals surface area contributed by atoms with Crippen molar-refractivity contribution in [3.05, 3.63) is 12.7 Å². The lowest BCUT2D eigenvalue weighted by Gasteiger charge is -2.30. The number of fused-ring (bicyclic) bond motifs is 1. The fourth-order valence-electron chi connectivity index (χ4n) is 4.75. The van der Waals surface area contributed by atoms with E-state index in [1.807, 2.05) is 0 Å². The Morgan fingerprint density at radius 1 is 1.02 bits per heavy atom. The Labute approximate surface area is 326 Å². The number of carbonyl (C=O) groups is 4. The third-order valence-corrected chi connectivity index (χ3v) is 11.7. The third-order valence-electron chi connectivity index (χ3n) is 7.67. The van der Waals surface area contributed by atoms with Crippen molar-refractivity contribution >= 4 is 75.1 Å². The molecule has 1 saturated heterocycles. The van der Waals surface area contributed by atoms with Crippen LogP contribution in [0.15, 0.2) is 12.7 Å². The van der Waals surface area contributed by atoms with Crippen molar-refractivity contribution in [2.24, 2.45) is 5.41 Å². The summed E-state index contributed by atoms with van der Waals surface area (Å²) in [6.07, 6.45) is -9.26. The number of aliphatic hydroxyl groups is 3. The molecule has 0 bridgehead atoms. The van der Waals surface area contributed by atoms with Crippen LogP contribution in [0.2, 0.25) is 0 Å². The minimum absolute atomic E-state index is 0.0155. The van der Waals surface area contributed by atoms with Crippen LogP contribution in [0.1, 0.15) is 39.3 Å². The Balaban J connectivity index is 1.47. The van der Waals surface area contributed by atoms with E-state index >= 15 is 0 Å². The molecule has 3 heterocycles. The molecule has 0 aliphatic carbocycles.